The number of carbonyl (C=O) groups excluding carboxylic acids is 1. The van der Waals surface area contributed by atoms with E-state index in [0.717, 1.165) is 22.0 Å². The molecule has 0 aliphatic rings. The molecule has 1 amide bonds. The van der Waals surface area contributed by atoms with Gasteiger partial charge in [-0.1, -0.05) is 0 Å². The molecule has 118 valence electrons. The molecule has 0 saturated heterocycles. The lowest BCUT2D eigenvalue weighted by molar-refractivity contribution is -0.121. The van der Waals surface area contributed by atoms with E-state index in [9.17, 15) is 4.79 Å². The number of ether oxygens (including phenoxy) is 1. The molecule has 4 nitrogen and oxygen atoms in total. The van der Waals surface area contributed by atoms with Crippen LogP contribution in [0.25, 0.3) is 10.6 Å². The van der Waals surface area contributed by atoms with Gasteiger partial charge >= 0.3 is 0 Å². The van der Waals surface area contributed by atoms with Crippen molar-refractivity contribution in [1.29, 1.82) is 0 Å². The van der Waals surface area contributed by atoms with Crippen molar-refractivity contribution in [3.05, 3.63) is 35.3 Å². The summed E-state index contributed by atoms with van der Waals surface area (Å²) in [7, 11) is 0. The molecule has 2 aromatic rings. The number of carbonyl (C=O) groups is 1. The summed E-state index contributed by atoms with van der Waals surface area (Å²) >= 11 is 1.55. The van der Waals surface area contributed by atoms with Crippen LogP contribution in [0.15, 0.2) is 29.6 Å². The summed E-state index contributed by atoms with van der Waals surface area (Å²) in [6.45, 7) is 8.53. The van der Waals surface area contributed by atoms with Crippen LogP contribution in [-0.2, 0) is 11.2 Å². The second-order valence-electron chi connectivity index (χ2n) is 6.08. The molecule has 5 heteroatoms. The van der Waals surface area contributed by atoms with E-state index in [1.54, 1.807) is 11.3 Å². The first kappa shape index (κ1) is 16.5. The van der Waals surface area contributed by atoms with E-state index in [1.165, 1.54) is 0 Å². The first-order chi connectivity index (χ1) is 10.4. The third kappa shape index (κ3) is 4.84. The van der Waals surface area contributed by atoms with Gasteiger partial charge in [-0.3, -0.25) is 4.79 Å². The van der Waals surface area contributed by atoms with Crippen LogP contribution in [0, 0.1) is 0 Å². The fourth-order valence-electron chi connectivity index (χ4n) is 2.01. The molecule has 0 bridgehead atoms. The van der Waals surface area contributed by atoms with Gasteiger partial charge in [-0.25, -0.2) is 4.98 Å². The Hall–Kier alpha value is -1.88. The fraction of sp³-hybridized carbons (Fsp3) is 0.412. The lowest BCUT2D eigenvalue weighted by atomic mass is 10.1. The van der Waals surface area contributed by atoms with Crippen LogP contribution >= 0.6 is 11.3 Å². The van der Waals surface area contributed by atoms with Gasteiger partial charge in [-0.2, -0.15) is 0 Å². The number of hydrogen-bond donors (Lipinski definition) is 1. The van der Waals surface area contributed by atoms with Crippen molar-refractivity contribution in [2.75, 3.05) is 6.61 Å². The molecule has 22 heavy (non-hydrogen) atoms. The number of nitrogens with one attached hydrogen (secondary N) is 1. The summed E-state index contributed by atoms with van der Waals surface area (Å²) in [5.74, 6) is 0.851. The summed E-state index contributed by atoms with van der Waals surface area (Å²) in [6, 6.07) is 7.85. The van der Waals surface area contributed by atoms with Crippen LogP contribution < -0.4 is 10.1 Å². The zero-order valence-corrected chi connectivity index (χ0v) is 14.3. The summed E-state index contributed by atoms with van der Waals surface area (Å²) in [6.07, 6.45) is 0.310. The Bertz CT molecular complexity index is 627. The first-order valence-corrected chi connectivity index (χ1v) is 8.24. The minimum absolute atomic E-state index is 0.00366. The van der Waals surface area contributed by atoms with Gasteiger partial charge in [0, 0.05) is 16.5 Å². The van der Waals surface area contributed by atoms with Gasteiger partial charge in [0.1, 0.15) is 10.8 Å². The standard InChI is InChI=1S/C17H22N2O2S/c1-5-21-14-8-6-12(7-9-14)16-18-13(11-22-16)10-15(20)19-17(2,3)4/h6-9,11H,5,10H2,1-4H3,(H,19,20). The molecule has 2 rings (SSSR count). The molecule has 0 aliphatic heterocycles. The molecule has 1 N–H and O–H groups in total. The lowest BCUT2D eigenvalue weighted by Crippen LogP contribution is -2.41. The summed E-state index contributed by atoms with van der Waals surface area (Å²) < 4.78 is 5.43. The zero-order valence-electron chi connectivity index (χ0n) is 13.5. The third-order valence-corrected chi connectivity index (χ3v) is 3.76. The molecular weight excluding hydrogens is 296 g/mol. The quantitative estimate of drug-likeness (QED) is 0.915. The van der Waals surface area contributed by atoms with Gasteiger partial charge in [0.25, 0.3) is 0 Å². The molecule has 0 unspecified atom stereocenters. The number of rotatable bonds is 5. The Balaban J connectivity index is 2.03. The van der Waals surface area contributed by atoms with E-state index in [0.29, 0.717) is 13.0 Å². The number of nitrogens with zero attached hydrogens (tertiary/aromatic N) is 1. The normalized spacial score (nSPS) is 11.3. The maximum Gasteiger partial charge on any atom is 0.226 e. The Morgan fingerprint density at radius 1 is 1.27 bits per heavy atom. The predicted octanol–water partition coefficient (Wildman–Crippen LogP) is 3.67. The SMILES string of the molecule is CCOc1ccc(-c2nc(CC(=O)NC(C)(C)C)cs2)cc1. The van der Waals surface area contributed by atoms with Crippen molar-refractivity contribution in [2.45, 2.75) is 39.7 Å². The maximum atomic E-state index is 11.9. The van der Waals surface area contributed by atoms with Crippen LogP contribution in [0.2, 0.25) is 0 Å². The second-order valence-corrected chi connectivity index (χ2v) is 6.93. The van der Waals surface area contributed by atoms with Crippen molar-refractivity contribution < 1.29 is 9.53 Å². The van der Waals surface area contributed by atoms with E-state index in [4.69, 9.17) is 4.74 Å². The monoisotopic (exact) mass is 318 g/mol. The Morgan fingerprint density at radius 3 is 2.55 bits per heavy atom. The highest BCUT2D eigenvalue weighted by molar-refractivity contribution is 7.13. The van der Waals surface area contributed by atoms with Crippen LogP contribution in [0.5, 0.6) is 5.75 Å². The smallest absolute Gasteiger partial charge is 0.226 e. The molecule has 1 heterocycles. The van der Waals surface area contributed by atoms with Gasteiger partial charge < -0.3 is 10.1 Å². The van der Waals surface area contributed by atoms with Gasteiger partial charge in [-0.15, -0.1) is 11.3 Å². The molecular formula is C17H22N2O2S. The molecule has 0 aliphatic carbocycles. The van der Waals surface area contributed by atoms with Crippen LogP contribution in [0.4, 0.5) is 0 Å². The minimum Gasteiger partial charge on any atom is -0.494 e. The number of thiazole rings is 1. The molecule has 1 aromatic carbocycles. The van der Waals surface area contributed by atoms with Gasteiger partial charge in [0.15, 0.2) is 0 Å². The van der Waals surface area contributed by atoms with Gasteiger partial charge in [0.05, 0.1) is 18.7 Å². The Morgan fingerprint density at radius 2 is 1.95 bits per heavy atom. The van der Waals surface area contributed by atoms with Crippen molar-refractivity contribution in [3.8, 4) is 16.3 Å². The van der Waals surface area contributed by atoms with E-state index in [2.05, 4.69) is 10.3 Å². The zero-order chi connectivity index (χ0) is 16.2. The second kappa shape index (κ2) is 6.92. The number of aromatic nitrogens is 1. The van der Waals surface area contributed by atoms with Crippen LogP contribution in [-0.4, -0.2) is 23.0 Å². The molecule has 0 fully saturated rings. The molecule has 0 radical (unpaired) electrons. The predicted molar refractivity (Wildman–Crippen MR) is 90.3 cm³/mol. The maximum absolute atomic E-state index is 11.9. The summed E-state index contributed by atoms with van der Waals surface area (Å²) in [5.41, 5.74) is 1.62. The van der Waals surface area contributed by atoms with Gasteiger partial charge in [-0.05, 0) is 52.0 Å². The minimum atomic E-state index is -0.217. The van der Waals surface area contributed by atoms with Crippen molar-refractivity contribution in [1.82, 2.24) is 10.3 Å². The molecule has 0 atom stereocenters. The van der Waals surface area contributed by atoms with Gasteiger partial charge in [0.2, 0.25) is 5.91 Å². The molecule has 0 spiro atoms. The fourth-order valence-corrected chi connectivity index (χ4v) is 2.83. The summed E-state index contributed by atoms with van der Waals surface area (Å²) in [5, 5.41) is 5.80. The number of amides is 1. The van der Waals surface area contributed by atoms with Crippen LogP contribution in [0.1, 0.15) is 33.4 Å². The van der Waals surface area contributed by atoms with E-state index >= 15 is 0 Å². The topological polar surface area (TPSA) is 51.2 Å². The highest BCUT2D eigenvalue weighted by Gasteiger charge is 2.15. The summed E-state index contributed by atoms with van der Waals surface area (Å²) in [4.78, 5) is 16.5. The lowest BCUT2D eigenvalue weighted by Gasteiger charge is -2.20. The average molecular weight is 318 g/mol. The number of hydrogen-bond acceptors (Lipinski definition) is 4. The van der Waals surface area contributed by atoms with E-state index in [-0.39, 0.29) is 11.4 Å². The van der Waals surface area contributed by atoms with Crippen molar-refractivity contribution >= 4 is 17.2 Å². The highest BCUT2D eigenvalue weighted by Crippen LogP contribution is 2.26. The van der Waals surface area contributed by atoms with E-state index in [1.807, 2.05) is 57.3 Å². The van der Waals surface area contributed by atoms with Crippen molar-refractivity contribution in [2.24, 2.45) is 0 Å². The average Bonchev–Trinajstić information content (AvgIpc) is 2.86. The van der Waals surface area contributed by atoms with Crippen LogP contribution in [0.3, 0.4) is 0 Å². The Kier molecular flexibility index (Phi) is 5.19. The largest absolute Gasteiger partial charge is 0.494 e. The Labute approximate surface area is 135 Å². The number of benzene rings is 1. The van der Waals surface area contributed by atoms with Crippen molar-refractivity contribution in [3.63, 3.8) is 0 Å². The molecule has 1 aromatic heterocycles. The molecule has 0 saturated carbocycles. The van der Waals surface area contributed by atoms with E-state index < -0.39 is 0 Å². The third-order valence-electron chi connectivity index (χ3n) is 2.82. The highest BCUT2D eigenvalue weighted by atomic mass is 32.1. The first-order valence-electron chi connectivity index (χ1n) is 7.36.